The lowest BCUT2D eigenvalue weighted by molar-refractivity contribution is -0.126. The monoisotopic (exact) mass is 422 g/mol. The molecule has 1 saturated heterocycles. The predicted molar refractivity (Wildman–Crippen MR) is 116 cm³/mol. The van der Waals surface area contributed by atoms with Crippen LogP contribution in [0.15, 0.2) is 24.3 Å². The Morgan fingerprint density at radius 3 is 2.71 bits per heavy atom. The van der Waals surface area contributed by atoms with Gasteiger partial charge in [-0.3, -0.25) is 4.79 Å². The number of hydrogen-bond donors (Lipinski definition) is 2. The third-order valence-corrected chi connectivity index (χ3v) is 6.36. The SMILES string of the molecule is C[C@@H]1CC[C@H](C(=O)NC2CCCC2)CN1c1cc(-c2ccc(C#N)c(F)c2)nc(N)n1. The molecular weight excluding hydrogens is 395 g/mol. The van der Waals surface area contributed by atoms with Gasteiger partial charge in [0.2, 0.25) is 11.9 Å². The van der Waals surface area contributed by atoms with Crippen LogP contribution in [0.3, 0.4) is 0 Å². The Labute approximate surface area is 181 Å². The molecule has 0 bridgehead atoms. The van der Waals surface area contributed by atoms with E-state index in [1.807, 2.05) is 6.07 Å². The zero-order valence-corrected chi connectivity index (χ0v) is 17.6. The number of aromatic nitrogens is 2. The highest BCUT2D eigenvalue weighted by Gasteiger charge is 2.32. The van der Waals surface area contributed by atoms with Gasteiger partial charge in [-0.05, 0) is 44.7 Å². The summed E-state index contributed by atoms with van der Waals surface area (Å²) in [4.78, 5) is 23.6. The molecule has 0 spiro atoms. The molecule has 2 fully saturated rings. The summed E-state index contributed by atoms with van der Waals surface area (Å²) in [7, 11) is 0. The van der Waals surface area contributed by atoms with Gasteiger partial charge in [0.1, 0.15) is 17.7 Å². The summed E-state index contributed by atoms with van der Waals surface area (Å²) in [5, 5.41) is 12.2. The fourth-order valence-electron chi connectivity index (χ4n) is 4.54. The third-order valence-electron chi connectivity index (χ3n) is 6.36. The fraction of sp³-hybridized carbons (Fsp3) is 0.478. The predicted octanol–water partition coefficient (Wildman–Crippen LogP) is 3.40. The van der Waals surface area contributed by atoms with Gasteiger partial charge in [-0.2, -0.15) is 10.2 Å². The molecule has 1 aromatic carbocycles. The highest BCUT2D eigenvalue weighted by Crippen LogP contribution is 2.30. The van der Waals surface area contributed by atoms with Gasteiger partial charge in [-0.1, -0.05) is 18.9 Å². The highest BCUT2D eigenvalue weighted by molar-refractivity contribution is 5.80. The van der Waals surface area contributed by atoms with Gasteiger partial charge < -0.3 is 16.0 Å². The number of nitrogens with two attached hydrogens (primary N) is 1. The molecule has 4 rings (SSSR count). The highest BCUT2D eigenvalue weighted by atomic mass is 19.1. The van der Waals surface area contributed by atoms with E-state index in [2.05, 4.69) is 27.1 Å². The van der Waals surface area contributed by atoms with Crippen LogP contribution >= 0.6 is 0 Å². The average molecular weight is 423 g/mol. The molecular formula is C23H27FN6O. The summed E-state index contributed by atoms with van der Waals surface area (Å²) in [5.74, 6) is 0.109. The number of nitrogens with one attached hydrogen (secondary N) is 1. The summed E-state index contributed by atoms with van der Waals surface area (Å²) in [5.41, 5.74) is 6.95. The number of benzene rings is 1. The maximum atomic E-state index is 14.1. The molecule has 1 aliphatic heterocycles. The number of nitrogen functional groups attached to an aromatic ring is 1. The average Bonchev–Trinajstić information content (AvgIpc) is 3.26. The van der Waals surface area contributed by atoms with E-state index in [0.29, 0.717) is 29.7 Å². The Balaban J connectivity index is 1.56. The van der Waals surface area contributed by atoms with Gasteiger partial charge in [0, 0.05) is 30.3 Å². The van der Waals surface area contributed by atoms with E-state index in [9.17, 15) is 9.18 Å². The Morgan fingerprint density at radius 1 is 1.23 bits per heavy atom. The van der Waals surface area contributed by atoms with E-state index in [4.69, 9.17) is 11.0 Å². The second kappa shape index (κ2) is 8.88. The number of nitrogens with zero attached hydrogens (tertiary/aromatic N) is 4. The summed E-state index contributed by atoms with van der Waals surface area (Å²) >= 11 is 0. The quantitative estimate of drug-likeness (QED) is 0.782. The third kappa shape index (κ3) is 4.61. The topological polar surface area (TPSA) is 108 Å². The minimum atomic E-state index is -0.603. The van der Waals surface area contributed by atoms with Crippen molar-refractivity contribution in [2.24, 2.45) is 5.92 Å². The van der Waals surface area contributed by atoms with Crippen LogP contribution in [0.2, 0.25) is 0 Å². The largest absolute Gasteiger partial charge is 0.368 e. The molecule has 2 aromatic rings. The van der Waals surface area contributed by atoms with Crippen molar-refractivity contribution < 1.29 is 9.18 Å². The van der Waals surface area contributed by atoms with E-state index in [-0.39, 0.29) is 29.4 Å². The molecule has 0 radical (unpaired) electrons. The van der Waals surface area contributed by atoms with Crippen LogP contribution in [0.5, 0.6) is 0 Å². The normalized spacial score (nSPS) is 21.6. The number of carbonyl (C=O) groups is 1. The zero-order chi connectivity index (χ0) is 22.0. The van der Waals surface area contributed by atoms with Crippen LogP contribution in [-0.4, -0.2) is 34.5 Å². The molecule has 1 amide bonds. The van der Waals surface area contributed by atoms with Crippen molar-refractivity contribution in [2.75, 3.05) is 17.2 Å². The van der Waals surface area contributed by atoms with Crippen LogP contribution in [0.25, 0.3) is 11.3 Å². The van der Waals surface area contributed by atoms with E-state index >= 15 is 0 Å². The lowest BCUT2D eigenvalue weighted by Gasteiger charge is -2.38. The lowest BCUT2D eigenvalue weighted by Crippen LogP contribution is -2.48. The number of piperidine rings is 1. The van der Waals surface area contributed by atoms with Crippen molar-refractivity contribution in [2.45, 2.75) is 57.5 Å². The van der Waals surface area contributed by atoms with Gasteiger partial charge >= 0.3 is 0 Å². The van der Waals surface area contributed by atoms with Crippen molar-refractivity contribution in [3.8, 4) is 17.3 Å². The molecule has 2 aliphatic rings. The zero-order valence-electron chi connectivity index (χ0n) is 17.6. The van der Waals surface area contributed by atoms with Crippen LogP contribution in [-0.2, 0) is 4.79 Å². The number of nitriles is 1. The summed E-state index contributed by atoms with van der Waals surface area (Å²) in [6, 6.07) is 8.42. The minimum absolute atomic E-state index is 0.0215. The van der Waals surface area contributed by atoms with Crippen LogP contribution in [0.1, 0.15) is 51.0 Å². The Bertz CT molecular complexity index is 1010. The second-order valence-corrected chi connectivity index (χ2v) is 8.54. The first-order valence-corrected chi connectivity index (χ1v) is 10.9. The Kier molecular flexibility index (Phi) is 6.03. The first kappa shape index (κ1) is 21.0. The summed E-state index contributed by atoms with van der Waals surface area (Å²) < 4.78 is 14.1. The molecule has 0 unspecified atom stereocenters. The standard InChI is InChI=1S/C23H27FN6O/c1-14-6-7-17(22(31)27-18-4-2-3-5-18)13-30(14)21-11-20(28-23(26)29-21)15-8-9-16(12-25)19(24)10-15/h8-11,14,17-18H,2-7,13H2,1H3,(H,27,31)(H2,26,28,29)/t14-,17+/m1/s1. The Hall–Kier alpha value is -3.21. The van der Waals surface area contributed by atoms with Crippen molar-refractivity contribution >= 4 is 17.7 Å². The second-order valence-electron chi connectivity index (χ2n) is 8.54. The van der Waals surface area contributed by atoms with E-state index in [1.165, 1.54) is 25.0 Å². The maximum absolute atomic E-state index is 14.1. The fourth-order valence-corrected chi connectivity index (χ4v) is 4.54. The van der Waals surface area contributed by atoms with Gasteiger partial charge in [-0.25, -0.2) is 9.37 Å². The number of amides is 1. The van der Waals surface area contributed by atoms with E-state index in [1.54, 1.807) is 12.1 Å². The van der Waals surface area contributed by atoms with Crippen molar-refractivity contribution in [1.29, 1.82) is 5.26 Å². The first-order chi connectivity index (χ1) is 14.9. The van der Waals surface area contributed by atoms with Crippen molar-refractivity contribution in [3.63, 3.8) is 0 Å². The molecule has 7 nitrogen and oxygen atoms in total. The maximum Gasteiger partial charge on any atom is 0.225 e. The molecule has 162 valence electrons. The van der Waals surface area contributed by atoms with Gasteiger partial charge in [0.25, 0.3) is 0 Å². The lowest BCUT2D eigenvalue weighted by atomic mass is 9.92. The van der Waals surface area contributed by atoms with Crippen LogP contribution in [0, 0.1) is 23.1 Å². The number of hydrogen-bond acceptors (Lipinski definition) is 6. The van der Waals surface area contributed by atoms with Crippen molar-refractivity contribution in [3.05, 3.63) is 35.6 Å². The van der Waals surface area contributed by atoms with Crippen LogP contribution in [0.4, 0.5) is 16.2 Å². The molecule has 2 heterocycles. The molecule has 1 aliphatic carbocycles. The molecule has 1 saturated carbocycles. The van der Waals surface area contributed by atoms with Crippen LogP contribution < -0.4 is 16.0 Å². The summed E-state index contributed by atoms with van der Waals surface area (Å²) in [6.07, 6.45) is 6.18. The number of anilines is 2. The van der Waals surface area contributed by atoms with E-state index < -0.39 is 5.82 Å². The molecule has 3 N–H and O–H groups in total. The van der Waals surface area contributed by atoms with Gasteiger partial charge in [0.05, 0.1) is 17.2 Å². The molecule has 31 heavy (non-hydrogen) atoms. The summed E-state index contributed by atoms with van der Waals surface area (Å²) in [6.45, 7) is 2.65. The number of carbonyl (C=O) groups excluding carboxylic acids is 1. The molecule has 1 aromatic heterocycles. The van der Waals surface area contributed by atoms with Gasteiger partial charge in [0.15, 0.2) is 0 Å². The van der Waals surface area contributed by atoms with Crippen molar-refractivity contribution in [1.82, 2.24) is 15.3 Å². The number of rotatable bonds is 4. The van der Waals surface area contributed by atoms with Gasteiger partial charge in [-0.15, -0.1) is 0 Å². The first-order valence-electron chi connectivity index (χ1n) is 10.9. The molecule has 2 atom stereocenters. The van der Waals surface area contributed by atoms with E-state index in [0.717, 1.165) is 25.7 Å². The smallest absolute Gasteiger partial charge is 0.225 e. The molecule has 8 heteroatoms. The minimum Gasteiger partial charge on any atom is -0.368 e. The Morgan fingerprint density at radius 2 is 2.00 bits per heavy atom. The number of halogens is 1.